The molecule has 0 radical (unpaired) electrons. The lowest BCUT2D eigenvalue weighted by molar-refractivity contribution is 0.280. The molecule has 2 rings (SSSR count). The van der Waals surface area contributed by atoms with Gasteiger partial charge in [0.15, 0.2) is 0 Å². The number of aliphatic hydroxyl groups is 1. The number of thioether (sulfide) groups is 1. The number of hydrogen-bond donors (Lipinski definition) is 1. The summed E-state index contributed by atoms with van der Waals surface area (Å²) in [5, 5.41) is 8.88. The quantitative estimate of drug-likeness (QED) is 0.842. The van der Waals surface area contributed by atoms with Crippen molar-refractivity contribution in [1.29, 1.82) is 0 Å². The highest BCUT2D eigenvalue weighted by Gasteiger charge is 2.05. The molecule has 0 fully saturated rings. The molecule has 88 valence electrons. The highest BCUT2D eigenvalue weighted by molar-refractivity contribution is 7.98. The molecule has 0 aliphatic rings. The zero-order chi connectivity index (χ0) is 12.1. The molecule has 1 aromatic carbocycles. The molecular weight excluding hydrogens is 236 g/mol. The summed E-state index contributed by atoms with van der Waals surface area (Å²) in [4.78, 5) is 9.07. The first-order valence-corrected chi connectivity index (χ1v) is 6.28. The van der Waals surface area contributed by atoms with Crippen molar-refractivity contribution in [1.82, 2.24) is 9.97 Å². The first kappa shape index (κ1) is 11.9. The van der Waals surface area contributed by atoms with Gasteiger partial charge in [0.1, 0.15) is 5.75 Å². The van der Waals surface area contributed by atoms with Gasteiger partial charge in [0.05, 0.1) is 6.61 Å². The molecule has 1 heterocycles. The molecule has 4 nitrogen and oxygen atoms in total. The average Bonchev–Trinajstić information content (AvgIpc) is 2.40. The second kappa shape index (κ2) is 5.65. The fraction of sp³-hybridized carbons (Fsp3) is 0.167. The van der Waals surface area contributed by atoms with Crippen molar-refractivity contribution in [2.75, 3.05) is 6.26 Å². The Morgan fingerprint density at radius 3 is 2.59 bits per heavy atom. The van der Waals surface area contributed by atoms with E-state index in [0.717, 1.165) is 10.6 Å². The summed E-state index contributed by atoms with van der Waals surface area (Å²) < 4.78 is 5.58. The molecule has 0 spiro atoms. The van der Waals surface area contributed by atoms with Gasteiger partial charge in [-0.2, -0.15) is 0 Å². The topological polar surface area (TPSA) is 55.2 Å². The van der Waals surface area contributed by atoms with Gasteiger partial charge in [0.2, 0.25) is 0 Å². The monoisotopic (exact) mass is 248 g/mol. The van der Waals surface area contributed by atoms with Gasteiger partial charge >= 0.3 is 6.01 Å². The number of ether oxygens (including phenoxy) is 1. The third-order valence-corrected chi connectivity index (χ3v) is 2.91. The van der Waals surface area contributed by atoms with Crippen molar-refractivity contribution in [3.8, 4) is 11.8 Å². The minimum atomic E-state index is -0.0678. The predicted octanol–water partition coefficient (Wildman–Crippen LogP) is 2.48. The minimum absolute atomic E-state index is 0.0678. The molecule has 0 bridgehead atoms. The molecule has 5 heteroatoms. The lowest BCUT2D eigenvalue weighted by Gasteiger charge is -2.07. The Morgan fingerprint density at radius 1 is 1.24 bits per heavy atom. The first-order valence-electron chi connectivity index (χ1n) is 5.06. The van der Waals surface area contributed by atoms with Crippen LogP contribution in [0.3, 0.4) is 0 Å². The average molecular weight is 248 g/mol. The molecule has 1 aromatic heterocycles. The van der Waals surface area contributed by atoms with E-state index in [4.69, 9.17) is 9.84 Å². The number of para-hydroxylation sites is 1. The van der Waals surface area contributed by atoms with Crippen LogP contribution in [-0.2, 0) is 6.61 Å². The smallest absolute Gasteiger partial charge is 0.321 e. The molecule has 17 heavy (non-hydrogen) atoms. The van der Waals surface area contributed by atoms with Gasteiger partial charge in [-0.05, 0) is 18.4 Å². The maximum Gasteiger partial charge on any atom is 0.321 e. The minimum Gasteiger partial charge on any atom is -0.423 e. The SMILES string of the molecule is CSc1ccccc1Oc1ncc(CO)cn1. The van der Waals surface area contributed by atoms with Gasteiger partial charge in [0.25, 0.3) is 0 Å². The summed E-state index contributed by atoms with van der Waals surface area (Å²) in [6.07, 6.45) is 5.08. The number of aliphatic hydroxyl groups excluding tert-OH is 1. The molecule has 0 saturated carbocycles. The summed E-state index contributed by atoms with van der Waals surface area (Å²) in [6.45, 7) is -0.0678. The van der Waals surface area contributed by atoms with Crippen molar-refractivity contribution in [3.05, 3.63) is 42.2 Å². The normalized spacial score (nSPS) is 10.2. The summed E-state index contributed by atoms with van der Waals surface area (Å²) >= 11 is 1.60. The first-order chi connectivity index (χ1) is 8.33. The van der Waals surface area contributed by atoms with E-state index in [2.05, 4.69) is 9.97 Å². The van der Waals surface area contributed by atoms with Crippen molar-refractivity contribution in [2.45, 2.75) is 11.5 Å². The lowest BCUT2D eigenvalue weighted by Crippen LogP contribution is -1.94. The van der Waals surface area contributed by atoms with E-state index in [1.807, 2.05) is 30.5 Å². The van der Waals surface area contributed by atoms with Gasteiger partial charge in [0, 0.05) is 22.9 Å². The Balaban J connectivity index is 2.19. The highest BCUT2D eigenvalue weighted by atomic mass is 32.2. The van der Waals surface area contributed by atoms with Crippen molar-refractivity contribution < 1.29 is 9.84 Å². The number of nitrogens with zero attached hydrogens (tertiary/aromatic N) is 2. The van der Waals surface area contributed by atoms with Crippen molar-refractivity contribution in [2.24, 2.45) is 0 Å². The summed E-state index contributed by atoms with van der Waals surface area (Å²) in [5.74, 6) is 0.733. The van der Waals surface area contributed by atoms with Crippen LogP contribution in [0.1, 0.15) is 5.56 Å². The van der Waals surface area contributed by atoms with Gasteiger partial charge in [-0.3, -0.25) is 0 Å². The largest absolute Gasteiger partial charge is 0.423 e. The van der Waals surface area contributed by atoms with E-state index < -0.39 is 0 Å². The molecule has 2 aromatic rings. The zero-order valence-electron chi connectivity index (χ0n) is 9.33. The Morgan fingerprint density at radius 2 is 1.94 bits per heavy atom. The van der Waals surface area contributed by atoms with Gasteiger partial charge in [-0.1, -0.05) is 12.1 Å². The maximum atomic E-state index is 8.88. The summed E-state index contributed by atoms with van der Waals surface area (Å²) in [6, 6.07) is 7.98. The molecule has 0 aliphatic heterocycles. The van der Waals surface area contributed by atoms with Gasteiger partial charge < -0.3 is 9.84 Å². The Hall–Kier alpha value is -1.59. The maximum absolute atomic E-state index is 8.88. The molecule has 0 amide bonds. The van der Waals surface area contributed by atoms with Crippen LogP contribution in [0.25, 0.3) is 0 Å². The van der Waals surface area contributed by atoms with E-state index in [-0.39, 0.29) is 12.6 Å². The standard InChI is InChI=1S/C12H12N2O2S/c1-17-11-5-3-2-4-10(11)16-12-13-6-9(8-15)7-14-12/h2-7,15H,8H2,1H3. The van der Waals surface area contributed by atoms with E-state index >= 15 is 0 Å². The van der Waals surface area contributed by atoms with Crippen LogP contribution in [0.5, 0.6) is 11.8 Å². The summed E-state index contributed by atoms with van der Waals surface area (Å²) in [7, 11) is 0. The van der Waals surface area contributed by atoms with Crippen LogP contribution in [0.15, 0.2) is 41.6 Å². The molecule has 0 aliphatic carbocycles. The summed E-state index contributed by atoms with van der Waals surface area (Å²) in [5.41, 5.74) is 0.663. The van der Waals surface area contributed by atoms with E-state index in [0.29, 0.717) is 5.56 Å². The van der Waals surface area contributed by atoms with Crippen molar-refractivity contribution >= 4 is 11.8 Å². The molecule has 0 unspecified atom stereocenters. The van der Waals surface area contributed by atoms with Crippen LogP contribution in [-0.4, -0.2) is 21.3 Å². The van der Waals surface area contributed by atoms with Crippen LogP contribution in [0.4, 0.5) is 0 Å². The van der Waals surface area contributed by atoms with Crippen molar-refractivity contribution in [3.63, 3.8) is 0 Å². The van der Waals surface area contributed by atoms with Gasteiger partial charge in [-0.15, -0.1) is 11.8 Å². The van der Waals surface area contributed by atoms with E-state index in [9.17, 15) is 0 Å². The number of aromatic nitrogens is 2. The molecular formula is C12H12N2O2S. The molecule has 1 N–H and O–H groups in total. The third-order valence-electron chi connectivity index (χ3n) is 2.13. The molecule has 0 atom stereocenters. The number of hydrogen-bond acceptors (Lipinski definition) is 5. The van der Waals surface area contributed by atoms with Gasteiger partial charge in [-0.25, -0.2) is 9.97 Å². The van der Waals surface area contributed by atoms with Crippen LogP contribution in [0, 0.1) is 0 Å². The van der Waals surface area contributed by atoms with Crippen LogP contribution < -0.4 is 4.74 Å². The molecule has 0 saturated heterocycles. The lowest BCUT2D eigenvalue weighted by atomic mass is 10.3. The van der Waals surface area contributed by atoms with E-state index in [1.165, 1.54) is 0 Å². The highest BCUT2D eigenvalue weighted by Crippen LogP contribution is 2.29. The number of benzene rings is 1. The zero-order valence-corrected chi connectivity index (χ0v) is 10.1. The Labute approximate surface area is 104 Å². The number of rotatable bonds is 4. The van der Waals surface area contributed by atoms with Crippen LogP contribution >= 0.6 is 11.8 Å². The predicted molar refractivity (Wildman–Crippen MR) is 66.3 cm³/mol. The second-order valence-corrected chi connectivity index (χ2v) is 4.13. The van der Waals surface area contributed by atoms with Crippen LogP contribution in [0.2, 0.25) is 0 Å². The Bertz CT molecular complexity index is 488. The fourth-order valence-electron chi connectivity index (χ4n) is 1.28. The Kier molecular flexibility index (Phi) is 3.95. The second-order valence-electron chi connectivity index (χ2n) is 3.28. The van der Waals surface area contributed by atoms with E-state index in [1.54, 1.807) is 24.2 Å². The fourth-order valence-corrected chi connectivity index (χ4v) is 1.80. The third kappa shape index (κ3) is 2.95.